The zero-order valence-corrected chi connectivity index (χ0v) is 21.4. The fourth-order valence-corrected chi connectivity index (χ4v) is 4.58. The quantitative estimate of drug-likeness (QED) is 0.314. The molecule has 2 amide bonds. The first-order valence-electron chi connectivity index (χ1n) is 11.9. The Kier molecular flexibility index (Phi) is 6.37. The molecule has 1 atom stereocenters. The number of urea groups is 1. The van der Waals surface area contributed by atoms with E-state index in [2.05, 4.69) is 43.4 Å². The van der Waals surface area contributed by atoms with E-state index in [-0.39, 0.29) is 6.03 Å². The number of rotatable bonds is 5. The average Bonchev–Trinajstić information content (AvgIpc) is 3.36. The largest absolute Gasteiger partial charge is 0.334 e. The third-order valence-electron chi connectivity index (χ3n) is 6.71. The minimum Gasteiger partial charge on any atom is -0.334 e. The van der Waals surface area contributed by atoms with Crippen LogP contribution >= 0.6 is 11.6 Å². The van der Waals surface area contributed by atoms with Crippen molar-refractivity contribution >= 4 is 28.9 Å². The molecule has 1 N–H and O–H groups in total. The van der Waals surface area contributed by atoms with Crippen LogP contribution in [0.15, 0.2) is 77.0 Å². The van der Waals surface area contributed by atoms with E-state index in [9.17, 15) is 4.79 Å². The fraction of sp³-hybridized carbons (Fsp3) is 0.207. The summed E-state index contributed by atoms with van der Waals surface area (Å²) >= 11 is 6.05. The highest BCUT2D eigenvalue weighted by atomic mass is 35.5. The number of amides is 2. The number of carbonyl (C=O) groups excluding carboxylic acids is 1. The summed E-state index contributed by atoms with van der Waals surface area (Å²) in [5.41, 5.74) is 7.54. The number of aryl methyl sites for hydroxylation is 3. The van der Waals surface area contributed by atoms with Crippen LogP contribution in [0.3, 0.4) is 0 Å². The zero-order valence-electron chi connectivity index (χ0n) is 20.7. The summed E-state index contributed by atoms with van der Waals surface area (Å²) in [6, 6.07) is 20.8. The molecule has 0 radical (unpaired) electrons. The minimum absolute atomic E-state index is 0.207. The maximum absolute atomic E-state index is 13.4. The van der Waals surface area contributed by atoms with Crippen molar-refractivity contribution in [3.8, 4) is 11.4 Å². The predicted molar refractivity (Wildman–Crippen MR) is 143 cm³/mol. The third kappa shape index (κ3) is 4.40. The van der Waals surface area contributed by atoms with E-state index in [1.54, 1.807) is 17.0 Å². The summed E-state index contributed by atoms with van der Waals surface area (Å²) in [5, 5.41) is 8.04. The van der Waals surface area contributed by atoms with Gasteiger partial charge < -0.3 is 9.84 Å². The van der Waals surface area contributed by atoms with Crippen molar-refractivity contribution in [3.05, 3.63) is 106 Å². The van der Waals surface area contributed by atoms with Gasteiger partial charge in [0.25, 0.3) is 5.89 Å². The van der Waals surface area contributed by atoms with Crippen LogP contribution in [0.4, 0.5) is 10.5 Å². The Morgan fingerprint density at radius 2 is 1.69 bits per heavy atom. The molecule has 36 heavy (non-hydrogen) atoms. The van der Waals surface area contributed by atoms with Gasteiger partial charge in [-0.15, -0.1) is 0 Å². The van der Waals surface area contributed by atoms with Crippen LogP contribution in [0, 0.1) is 13.8 Å². The van der Waals surface area contributed by atoms with Gasteiger partial charge in [0.1, 0.15) is 0 Å². The molecule has 5 rings (SSSR count). The average molecular weight is 499 g/mol. The van der Waals surface area contributed by atoms with E-state index in [0.717, 1.165) is 40.1 Å². The zero-order chi connectivity index (χ0) is 25.4. The van der Waals surface area contributed by atoms with Gasteiger partial charge >= 0.3 is 6.03 Å². The van der Waals surface area contributed by atoms with E-state index in [4.69, 9.17) is 21.1 Å². The molecule has 1 aliphatic heterocycles. The van der Waals surface area contributed by atoms with Gasteiger partial charge in [0.15, 0.2) is 0 Å². The van der Waals surface area contributed by atoms with Gasteiger partial charge in [-0.3, -0.25) is 4.90 Å². The molecule has 7 heteroatoms. The number of allylic oxidation sites excluding steroid dienone is 1. The summed E-state index contributed by atoms with van der Waals surface area (Å²) in [6.45, 7) is 8.15. The van der Waals surface area contributed by atoms with Crippen molar-refractivity contribution in [1.82, 2.24) is 15.5 Å². The monoisotopic (exact) mass is 498 g/mol. The normalized spacial score (nSPS) is 15.9. The first kappa shape index (κ1) is 23.8. The molecule has 6 nitrogen and oxygen atoms in total. The summed E-state index contributed by atoms with van der Waals surface area (Å²) in [6.07, 6.45) is 0.927. The van der Waals surface area contributed by atoms with Crippen molar-refractivity contribution in [2.75, 3.05) is 4.90 Å². The lowest BCUT2D eigenvalue weighted by Gasteiger charge is -2.35. The maximum Gasteiger partial charge on any atom is 0.326 e. The standard InChI is InChI=1S/C29H27ClN4O2/c1-5-20-7-14-24(15-8-20)34-19(4)25(26(31-29(34)35)22-9-6-17(2)18(3)16-22)28-32-27(33-36-28)21-10-12-23(30)13-11-21/h6-16,26H,5H2,1-4H3,(H,31,35). The highest BCUT2D eigenvalue weighted by molar-refractivity contribution is 6.30. The molecular weight excluding hydrogens is 472 g/mol. The Morgan fingerprint density at radius 3 is 2.36 bits per heavy atom. The van der Waals surface area contributed by atoms with Crippen LogP contribution < -0.4 is 10.2 Å². The number of carbonyl (C=O) groups is 1. The van der Waals surface area contributed by atoms with Gasteiger partial charge in [-0.1, -0.05) is 54.0 Å². The van der Waals surface area contributed by atoms with Gasteiger partial charge in [-0.2, -0.15) is 4.98 Å². The van der Waals surface area contributed by atoms with E-state index >= 15 is 0 Å². The summed E-state index contributed by atoms with van der Waals surface area (Å²) in [4.78, 5) is 19.8. The molecule has 0 saturated carbocycles. The van der Waals surface area contributed by atoms with Gasteiger partial charge in [-0.25, -0.2) is 4.79 Å². The van der Waals surface area contributed by atoms with Gasteiger partial charge in [0.05, 0.1) is 17.3 Å². The second-order valence-electron chi connectivity index (χ2n) is 9.01. The van der Waals surface area contributed by atoms with E-state index in [0.29, 0.717) is 16.7 Å². The van der Waals surface area contributed by atoms with Crippen molar-refractivity contribution in [2.24, 2.45) is 0 Å². The second kappa shape index (κ2) is 9.63. The molecule has 1 aliphatic rings. The first-order valence-corrected chi connectivity index (χ1v) is 12.3. The summed E-state index contributed by atoms with van der Waals surface area (Å²) in [7, 11) is 0. The molecular formula is C29H27ClN4O2. The molecule has 4 aromatic rings. The van der Waals surface area contributed by atoms with Crippen molar-refractivity contribution in [2.45, 2.75) is 40.2 Å². The molecule has 3 aromatic carbocycles. The maximum atomic E-state index is 13.4. The van der Waals surface area contributed by atoms with Crippen LogP contribution in [0.5, 0.6) is 0 Å². The minimum atomic E-state index is -0.443. The predicted octanol–water partition coefficient (Wildman–Crippen LogP) is 7.27. The summed E-state index contributed by atoms with van der Waals surface area (Å²) < 4.78 is 5.79. The highest BCUT2D eigenvalue weighted by Gasteiger charge is 2.36. The molecule has 0 fully saturated rings. The van der Waals surface area contributed by atoms with Crippen LogP contribution in [0.2, 0.25) is 5.02 Å². The van der Waals surface area contributed by atoms with Gasteiger partial charge in [0.2, 0.25) is 5.82 Å². The molecule has 1 aromatic heterocycles. The summed E-state index contributed by atoms with van der Waals surface area (Å²) in [5.74, 6) is 0.812. The lowest BCUT2D eigenvalue weighted by Crippen LogP contribution is -2.46. The van der Waals surface area contributed by atoms with E-state index < -0.39 is 6.04 Å². The molecule has 182 valence electrons. The number of nitrogens with zero attached hydrogens (tertiary/aromatic N) is 3. The number of benzene rings is 3. The van der Waals surface area contributed by atoms with Gasteiger partial charge in [0, 0.05) is 16.3 Å². The molecule has 0 aliphatic carbocycles. The van der Waals surface area contributed by atoms with E-state index in [1.165, 1.54) is 11.1 Å². The lowest BCUT2D eigenvalue weighted by atomic mass is 9.92. The Labute approximate surface area is 215 Å². The number of hydrogen-bond donors (Lipinski definition) is 1. The van der Waals surface area contributed by atoms with Crippen LogP contribution in [0.25, 0.3) is 17.0 Å². The van der Waals surface area contributed by atoms with Crippen molar-refractivity contribution in [3.63, 3.8) is 0 Å². The van der Waals surface area contributed by atoms with Crippen LogP contribution in [-0.4, -0.2) is 16.2 Å². The third-order valence-corrected chi connectivity index (χ3v) is 6.96. The smallest absolute Gasteiger partial charge is 0.326 e. The number of hydrogen-bond acceptors (Lipinski definition) is 4. The molecule has 0 bridgehead atoms. The number of aromatic nitrogens is 2. The molecule has 0 spiro atoms. The van der Waals surface area contributed by atoms with Gasteiger partial charge in [-0.05, 0) is 85.8 Å². The molecule has 1 unspecified atom stereocenters. The van der Waals surface area contributed by atoms with Crippen molar-refractivity contribution in [1.29, 1.82) is 0 Å². The van der Waals surface area contributed by atoms with Crippen molar-refractivity contribution < 1.29 is 9.32 Å². The lowest BCUT2D eigenvalue weighted by molar-refractivity contribution is 0.244. The van der Waals surface area contributed by atoms with E-state index in [1.807, 2.05) is 49.4 Å². The molecule has 0 saturated heterocycles. The second-order valence-corrected chi connectivity index (χ2v) is 9.45. The van der Waals surface area contributed by atoms with Crippen LogP contribution in [0.1, 0.15) is 48.0 Å². The Morgan fingerprint density at radius 1 is 0.972 bits per heavy atom. The topological polar surface area (TPSA) is 71.3 Å². The molecule has 2 heterocycles. The Bertz CT molecular complexity index is 1460. The number of halogens is 1. The number of anilines is 1. The highest BCUT2D eigenvalue weighted by Crippen LogP contribution is 2.39. The first-order chi connectivity index (χ1) is 17.4. The Hall–Kier alpha value is -3.90. The fourth-order valence-electron chi connectivity index (χ4n) is 4.45. The Balaban J connectivity index is 1.65. The SMILES string of the molecule is CCc1ccc(N2C(=O)NC(c3ccc(C)c(C)c3)C(c3nc(-c4ccc(Cl)cc4)no3)=C2C)cc1. The number of nitrogens with one attached hydrogen (secondary N) is 1. The van der Waals surface area contributed by atoms with Crippen LogP contribution in [-0.2, 0) is 6.42 Å².